The van der Waals surface area contributed by atoms with Crippen LogP contribution in [0, 0.1) is 0 Å². The van der Waals surface area contributed by atoms with E-state index in [1.54, 1.807) is 4.90 Å². The minimum Gasteiger partial charge on any atom is -0.463 e. The molecule has 1 atom stereocenters. The van der Waals surface area contributed by atoms with Crippen molar-refractivity contribution in [2.75, 3.05) is 13.1 Å². The third-order valence-corrected chi connectivity index (χ3v) is 5.38. The Morgan fingerprint density at radius 1 is 1.19 bits per heavy atom. The van der Waals surface area contributed by atoms with Crippen molar-refractivity contribution in [3.63, 3.8) is 0 Å². The molecule has 2 aromatic rings. The predicted octanol–water partition coefficient (Wildman–Crippen LogP) is 4.13. The van der Waals surface area contributed by atoms with Gasteiger partial charge in [-0.15, -0.1) is 0 Å². The first kappa shape index (κ1) is 21.2. The van der Waals surface area contributed by atoms with Gasteiger partial charge in [0.2, 0.25) is 5.79 Å². The molecule has 2 aliphatic heterocycles. The van der Waals surface area contributed by atoms with Gasteiger partial charge in [-0.25, -0.2) is 4.79 Å². The standard InChI is InChI=1S/C24H27NO6/c1-16(26)28-14-18-6-4-5-17(11-18)9-10-25-13-22(30-23(25)27)19-7-8-21-20(12-19)15-29-24(2,3)31-21/h4-8,11-12,22H,9-10,13-15H2,1-3H3/t22-/m0/s1. The summed E-state index contributed by atoms with van der Waals surface area (Å²) in [7, 11) is 0. The molecule has 2 heterocycles. The summed E-state index contributed by atoms with van der Waals surface area (Å²) in [6.45, 7) is 6.92. The van der Waals surface area contributed by atoms with Crippen LogP contribution in [0.1, 0.15) is 49.1 Å². The topological polar surface area (TPSA) is 74.3 Å². The lowest BCUT2D eigenvalue weighted by molar-refractivity contribution is -0.180. The Balaban J connectivity index is 1.36. The molecule has 0 radical (unpaired) electrons. The Labute approximate surface area is 181 Å². The van der Waals surface area contributed by atoms with Crippen LogP contribution in [0.2, 0.25) is 0 Å². The molecular formula is C24H27NO6. The van der Waals surface area contributed by atoms with Crippen LogP contribution in [0.25, 0.3) is 0 Å². The van der Waals surface area contributed by atoms with Crippen LogP contribution < -0.4 is 4.74 Å². The van der Waals surface area contributed by atoms with Crippen LogP contribution in [0.5, 0.6) is 5.75 Å². The SMILES string of the molecule is CC(=O)OCc1cccc(CCN2C[C@@H](c3ccc4c(c3)COC(C)(C)O4)OC2=O)c1. The first-order valence-corrected chi connectivity index (χ1v) is 10.4. The Hall–Kier alpha value is -3.06. The van der Waals surface area contributed by atoms with E-state index in [-0.39, 0.29) is 24.8 Å². The van der Waals surface area contributed by atoms with Crippen LogP contribution in [-0.2, 0) is 38.6 Å². The molecule has 0 aliphatic carbocycles. The number of carbonyl (C=O) groups is 2. The van der Waals surface area contributed by atoms with E-state index >= 15 is 0 Å². The minimum atomic E-state index is -0.638. The molecule has 164 valence electrons. The summed E-state index contributed by atoms with van der Waals surface area (Å²) in [5.41, 5.74) is 3.89. The summed E-state index contributed by atoms with van der Waals surface area (Å²) in [6.07, 6.45) is 0.0619. The van der Waals surface area contributed by atoms with Crippen LogP contribution in [0.15, 0.2) is 42.5 Å². The van der Waals surface area contributed by atoms with Gasteiger partial charge in [0.05, 0.1) is 13.2 Å². The molecule has 1 amide bonds. The number of ether oxygens (including phenoxy) is 4. The highest BCUT2D eigenvalue weighted by atomic mass is 16.7. The summed E-state index contributed by atoms with van der Waals surface area (Å²) in [5.74, 6) is -0.143. The van der Waals surface area contributed by atoms with Crippen LogP contribution in [0.4, 0.5) is 4.79 Å². The summed E-state index contributed by atoms with van der Waals surface area (Å²) < 4.78 is 22.2. The van der Waals surface area contributed by atoms with Crippen molar-refractivity contribution < 1.29 is 28.5 Å². The first-order chi connectivity index (χ1) is 14.8. The first-order valence-electron chi connectivity index (χ1n) is 10.4. The van der Waals surface area contributed by atoms with Gasteiger partial charge in [0.25, 0.3) is 0 Å². The maximum Gasteiger partial charge on any atom is 0.410 e. The average Bonchev–Trinajstić information content (AvgIpc) is 3.10. The molecule has 0 saturated carbocycles. The zero-order valence-corrected chi connectivity index (χ0v) is 18.1. The van der Waals surface area contributed by atoms with Gasteiger partial charge < -0.3 is 23.8 Å². The van der Waals surface area contributed by atoms with Gasteiger partial charge in [0, 0.05) is 32.9 Å². The summed E-state index contributed by atoms with van der Waals surface area (Å²) in [4.78, 5) is 25.1. The maximum atomic E-state index is 12.4. The third kappa shape index (κ3) is 5.17. The number of amides is 1. The van der Waals surface area contributed by atoms with Crippen molar-refractivity contribution in [3.8, 4) is 5.75 Å². The molecule has 4 rings (SSSR count). The molecule has 0 aromatic heterocycles. The summed E-state index contributed by atoms with van der Waals surface area (Å²) in [5, 5.41) is 0. The van der Waals surface area contributed by atoms with E-state index in [1.807, 2.05) is 56.3 Å². The number of carbonyl (C=O) groups excluding carboxylic acids is 2. The number of nitrogens with zero attached hydrogens (tertiary/aromatic N) is 1. The van der Waals surface area contributed by atoms with E-state index in [2.05, 4.69) is 0 Å². The van der Waals surface area contributed by atoms with Gasteiger partial charge >= 0.3 is 12.1 Å². The second kappa shape index (κ2) is 8.59. The lowest BCUT2D eigenvalue weighted by Crippen LogP contribution is -2.35. The normalized spacial score (nSPS) is 19.4. The number of esters is 1. The molecule has 0 spiro atoms. The van der Waals surface area contributed by atoms with E-state index in [4.69, 9.17) is 18.9 Å². The zero-order chi connectivity index (χ0) is 22.0. The van der Waals surface area contributed by atoms with Crippen molar-refractivity contribution in [1.29, 1.82) is 0 Å². The van der Waals surface area contributed by atoms with E-state index in [1.165, 1.54) is 6.92 Å². The lowest BCUT2D eigenvalue weighted by Gasteiger charge is -2.32. The van der Waals surface area contributed by atoms with Gasteiger partial charge in [-0.1, -0.05) is 30.3 Å². The Morgan fingerprint density at radius 2 is 2.00 bits per heavy atom. The van der Waals surface area contributed by atoms with E-state index in [0.717, 1.165) is 28.0 Å². The molecular weight excluding hydrogens is 398 g/mol. The quantitative estimate of drug-likeness (QED) is 0.648. The second-order valence-electron chi connectivity index (χ2n) is 8.33. The minimum absolute atomic E-state index is 0.250. The number of benzene rings is 2. The Bertz CT molecular complexity index is 986. The van der Waals surface area contributed by atoms with Crippen LogP contribution in [0.3, 0.4) is 0 Å². The fraction of sp³-hybridized carbons (Fsp3) is 0.417. The molecule has 0 N–H and O–H groups in total. The number of fused-ring (bicyclic) bond motifs is 1. The smallest absolute Gasteiger partial charge is 0.410 e. The largest absolute Gasteiger partial charge is 0.463 e. The van der Waals surface area contributed by atoms with Crippen LogP contribution >= 0.6 is 0 Å². The summed E-state index contributed by atoms with van der Waals surface area (Å²) in [6, 6.07) is 13.7. The van der Waals surface area contributed by atoms with Crippen molar-refractivity contribution in [2.45, 2.75) is 52.3 Å². The van der Waals surface area contributed by atoms with Gasteiger partial charge in [-0.05, 0) is 35.2 Å². The highest BCUT2D eigenvalue weighted by molar-refractivity contribution is 5.70. The average molecular weight is 425 g/mol. The fourth-order valence-electron chi connectivity index (χ4n) is 3.75. The molecule has 2 aliphatic rings. The fourth-order valence-corrected chi connectivity index (χ4v) is 3.75. The second-order valence-corrected chi connectivity index (χ2v) is 8.33. The number of cyclic esters (lactones) is 1. The molecule has 1 saturated heterocycles. The van der Waals surface area contributed by atoms with Gasteiger partial charge in [-0.3, -0.25) is 4.79 Å². The molecule has 1 fully saturated rings. The third-order valence-electron chi connectivity index (χ3n) is 5.38. The molecule has 7 heteroatoms. The molecule has 31 heavy (non-hydrogen) atoms. The summed E-state index contributed by atoms with van der Waals surface area (Å²) >= 11 is 0. The van der Waals surface area contributed by atoms with E-state index < -0.39 is 5.79 Å². The molecule has 0 unspecified atom stereocenters. The van der Waals surface area contributed by atoms with Gasteiger partial charge in [-0.2, -0.15) is 0 Å². The molecule has 7 nitrogen and oxygen atoms in total. The van der Waals surface area contributed by atoms with Gasteiger partial charge in [0.15, 0.2) is 0 Å². The number of hydrogen-bond acceptors (Lipinski definition) is 6. The van der Waals surface area contributed by atoms with E-state index in [9.17, 15) is 9.59 Å². The number of hydrogen-bond donors (Lipinski definition) is 0. The monoisotopic (exact) mass is 425 g/mol. The lowest BCUT2D eigenvalue weighted by atomic mass is 10.0. The van der Waals surface area contributed by atoms with Crippen molar-refractivity contribution >= 4 is 12.1 Å². The highest BCUT2D eigenvalue weighted by Gasteiger charge is 2.33. The Kier molecular flexibility index (Phi) is 5.87. The number of rotatable bonds is 6. The highest BCUT2D eigenvalue weighted by Crippen LogP contribution is 2.35. The van der Waals surface area contributed by atoms with E-state index in [0.29, 0.717) is 26.1 Å². The predicted molar refractivity (Wildman–Crippen MR) is 112 cm³/mol. The Morgan fingerprint density at radius 3 is 2.81 bits per heavy atom. The molecule has 2 aromatic carbocycles. The van der Waals surface area contributed by atoms with Crippen molar-refractivity contribution in [2.24, 2.45) is 0 Å². The van der Waals surface area contributed by atoms with Crippen molar-refractivity contribution in [1.82, 2.24) is 4.90 Å². The zero-order valence-electron chi connectivity index (χ0n) is 18.1. The van der Waals surface area contributed by atoms with Gasteiger partial charge in [0.1, 0.15) is 18.5 Å². The van der Waals surface area contributed by atoms with Crippen molar-refractivity contribution in [3.05, 3.63) is 64.7 Å². The molecule has 0 bridgehead atoms. The maximum absolute atomic E-state index is 12.4. The van der Waals surface area contributed by atoms with Crippen LogP contribution in [-0.4, -0.2) is 35.8 Å².